The van der Waals surface area contributed by atoms with Crippen molar-refractivity contribution in [1.29, 1.82) is 0 Å². The zero-order chi connectivity index (χ0) is 24.2. The maximum Gasteiger partial charge on any atom is 0.309 e. The van der Waals surface area contributed by atoms with Crippen LogP contribution < -0.4 is 0 Å². The average Bonchev–Trinajstić information content (AvgIpc) is 3.12. The number of aromatic amines is 1. The molecule has 0 atom stereocenters. The fraction of sp³-hybridized carbons (Fsp3) is 0.185. The predicted octanol–water partition coefficient (Wildman–Crippen LogP) is 4.96. The van der Waals surface area contributed by atoms with Gasteiger partial charge in [-0.25, -0.2) is 9.38 Å². The minimum Gasteiger partial charge on any atom is -0.494 e. The SMILES string of the molecule is COC(=O)Cc1cccc(C(=Nc2ccc(CN(C)C)cc2)c2c(O)[nH]c3cc(F)ccc23)c1. The molecule has 0 amide bonds. The third kappa shape index (κ3) is 5.15. The molecular weight excluding hydrogens is 433 g/mol. The minimum absolute atomic E-state index is 0.109. The first-order valence-corrected chi connectivity index (χ1v) is 10.8. The summed E-state index contributed by atoms with van der Waals surface area (Å²) in [4.78, 5) is 21.6. The molecule has 0 saturated heterocycles. The van der Waals surface area contributed by atoms with Crippen molar-refractivity contribution < 1.29 is 19.0 Å². The quantitative estimate of drug-likeness (QED) is 0.303. The third-order valence-corrected chi connectivity index (χ3v) is 5.43. The molecular formula is C27H26FN3O3. The summed E-state index contributed by atoms with van der Waals surface area (Å²) in [5.74, 6) is -0.866. The largest absolute Gasteiger partial charge is 0.494 e. The van der Waals surface area contributed by atoms with Crippen LogP contribution in [0.25, 0.3) is 10.9 Å². The summed E-state index contributed by atoms with van der Waals surface area (Å²) in [6, 6.07) is 19.5. The first kappa shape index (κ1) is 23.2. The number of nitrogens with one attached hydrogen (secondary N) is 1. The third-order valence-electron chi connectivity index (χ3n) is 5.43. The van der Waals surface area contributed by atoms with E-state index >= 15 is 0 Å². The van der Waals surface area contributed by atoms with E-state index in [-0.39, 0.29) is 18.3 Å². The summed E-state index contributed by atoms with van der Waals surface area (Å²) in [7, 11) is 5.37. The molecule has 1 heterocycles. The van der Waals surface area contributed by atoms with Crippen LogP contribution in [0.4, 0.5) is 10.1 Å². The molecule has 6 nitrogen and oxygen atoms in total. The first-order valence-electron chi connectivity index (χ1n) is 10.8. The molecule has 0 fully saturated rings. The van der Waals surface area contributed by atoms with E-state index in [1.54, 1.807) is 6.07 Å². The number of fused-ring (bicyclic) bond motifs is 1. The molecule has 7 heteroatoms. The van der Waals surface area contributed by atoms with E-state index in [9.17, 15) is 14.3 Å². The number of nitrogens with zero attached hydrogens (tertiary/aromatic N) is 2. The summed E-state index contributed by atoms with van der Waals surface area (Å²) in [5, 5.41) is 11.4. The van der Waals surface area contributed by atoms with Gasteiger partial charge >= 0.3 is 5.97 Å². The highest BCUT2D eigenvalue weighted by Crippen LogP contribution is 2.32. The normalized spacial score (nSPS) is 11.9. The van der Waals surface area contributed by atoms with Gasteiger partial charge in [0.05, 0.1) is 36.0 Å². The van der Waals surface area contributed by atoms with E-state index in [1.165, 1.54) is 19.2 Å². The Balaban J connectivity index is 1.86. The molecule has 174 valence electrons. The molecule has 0 bridgehead atoms. The van der Waals surface area contributed by atoms with Gasteiger partial charge in [0.15, 0.2) is 5.88 Å². The fourth-order valence-corrected chi connectivity index (χ4v) is 3.90. The smallest absolute Gasteiger partial charge is 0.309 e. The van der Waals surface area contributed by atoms with Crippen LogP contribution in [0.5, 0.6) is 5.88 Å². The van der Waals surface area contributed by atoms with Crippen molar-refractivity contribution in [2.24, 2.45) is 4.99 Å². The van der Waals surface area contributed by atoms with Crippen molar-refractivity contribution in [2.75, 3.05) is 21.2 Å². The number of ether oxygens (including phenoxy) is 1. The van der Waals surface area contributed by atoms with E-state index in [0.29, 0.717) is 33.4 Å². The fourth-order valence-electron chi connectivity index (χ4n) is 3.90. The molecule has 0 aliphatic heterocycles. The topological polar surface area (TPSA) is 77.9 Å². The zero-order valence-electron chi connectivity index (χ0n) is 19.3. The predicted molar refractivity (Wildman–Crippen MR) is 131 cm³/mol. The van der Waals surface area contributed by atoms with Crippen LogP contribution in [0, 0.1) is 5.82 Å². The van der Waals surface area contributed by atoms with Crippen LogP contribution >= 0.6 is 0 Å². The molecule has 0 radical (unpaired) electrons. The lowest BCUT2D eigenvalue weighted by Gasteiger charge is -2.11. The van der Waals surface area contributed by atoms with Crippen molar-refractivity contribution in [3.05, 3.63) is 94.8 Å². The number of carbonyl (C=O) groups excluding carboxylic acids is 1. The van der Waals surface area contributed by atoms with Gasteiger partial charge in [-0.1, -0.05) is 30.3 Å². The monoisotopic (exact) mass is 459 g/mol. The number of benzene rings is 3. The molecule has 4 aromatic rings. The number of aliphatic imine (C=N–C) groups is 1. The van der Waals surface area contributed by atoms with Gasteiger partial charge in [-0.2, -0.15) is 0 Å². The lowest BCUT2D eigenvalue weighted by atomic mass is 9.98. The number of methoxy groups -OCH3 is 1. The standard InChI is InChI=1S/C27H26FN3O3/c1-31(2)16-17-7-10-21(11-8-17)29-26(19-6-4-5-18(13-19)14-24(32)34-3)25-22-12-9-20(28)15-23(22)30-27(25)33/h4-13,15,30,33H,14,16H2,1-3H3. The van der Waals surface area contributed by atoms with Crippen molar-refractivity contribution >= 4 is 28.3 Å². The number of esters is 1. The maximum absolute atomic E-state index is 13.8. The van der Waals surface area contributed by atoms with Gasteiger partial charge in [0.25, 0.3) is 0 Å². The van der Waals surface area contributed by atoms with Gasteiger partial charge in [-0.15, -0.1) is 0 Å². The molecule has 4 rings (SSSR count). The number of carbonyl (C=O) groups is 1. The second-order valence-corrected chi connectivity index (χ2v) is 8.36. The second kappa shape index (κ2) is 9.89. The molecule has 1 aromatic heterocycles. The highest BCUT2D eigenvalue weighted by Gasteiger charge is 2.20. The lowest BCUT2D eigenvalue weighted by Crippen LogP contribution is -2.10. The number of hydrogen-bond acceptors (Lipinski definition) is 5. The van der Waals surface area contributed by atoms with Crippen molar-refractivity contribution in [3.63, 3.8) is 0 Å². The second-order valence-electron chi connectivity index (χ2n) is 8.36. The minimum atomic E-state index is -0.407. The molecule has 2 N–H and O–H groups in total. The van der Waals surface area contributed by atoms with E-state index < -0.39 is 5.82 Å². The number of halogens is 1. The Bertz CT molecular complexity index is 1360. The molecule has 0 aliphatic rings. The summed E-state index contributed by atoms with van der Waals surface area (Å²) < 4.78 is 18.6. The number of rotatable bonds is 7. The summed E-state index contributed by atoms with van der Waals surface area (Å²) in [6.45, 7) is 0.807. The van der Waals surface area contributed by atoms with Crippen LogP contribution in [-0.2, 0) is 22.5 Å². The van der Waals surface area contributed by atoms with E-state index in [0.717, 1.165) is 17.7 Å². The van der Waals surface area contributed by atoms with Crippen LogP contribution in [0.2, 0.25) is 0 Å². The summed E-state index contributed by atoms with van der Waals surface area (Å²) in [6.07, 6.45) is 0.113. The van der Waals surface area contributed by atoms with Crippen LogP contribution in [-0.4, -0.2) is 47.9 Å². The molecule has 34 heavy (non-hydrogen) atoms. The van der Waals surface area contributed by atoms with Gasteiger partial charge < -0.3 is 19.7 Å². The highest BCUT2D eigenvalue weighted by atomic mass is 19.1. The van der Waals surface area contributed by atoms with Crippen LogP contribution in [0.1, 0.15) is 22.3 Å². The Morgan fingerprint density at radius 3 is 2.53 bits per heavy atom. The Labute approximate surface area is 197 Å². The van der Waals surface area contributed by atoms with E-state index in [4.69, 9.17) is 9.73 Å². The summed E-state index contributed by atoms with van der Waals surface area (Å²) in [5.41, 5.74) is 4.74. The van der Waals surface area contributed by atoms with Gasteiger partial charge in [0.2, 0.25) is 0 Å². The van der Waals surface area contributed by atoms with Gasteiger partial charge in [-0.3, -0.25) is 4.79 Å². The summed E-state index contributed by atoms with van der Waals surface area (Å²) >= 11 is 0. The number of H-pyrrole nitrogens is 1. The maximum atomic E-state index is 13.8. The van der Waals surface area contributed by atoms with Crippen LogP contribution in [0.3, 0.4) is 0 Å². The number of aromatic nitrogens is 1. The molecule has 0 aliphatic carbocycles. The highest BCUT2D eigenvalue weighted by molar-refractivity contribution is 6.22. The molecule has 0 saturated carbocycles. The molecule has 0 spiro atoms. The van der Waals surface area contributed by atoms with Gasteiger partial charge in [0, 0.05) is 17.5 Å². The lowest BCUT2D eigenvalue weighted by molar-refractivity contribution is -0.139. The van der Waals surface area contributed by atoms with Crippen molar-refractivity contribution in [2.45, 2.75) is 13.0 Å². The van der Waals surface area contributed by atoms with E-state index in [1.807, 2.05) is 62.6 Å². The Morgan fingerprint density at radius 2 is 1.82 bits per heavy atom. The molecule has 3 aromatic carbocycles. The van der Waals surface area contributed by atoms with Crippen molar-refractivity contribution in [3.8, 4) is 5.88 Å². The average molecular weight is 460 g/mol. The Hall–Kier alpha value is -3.97. The van der Waals surface area contributed by atoms with Gasteiger partial charge in [-0.05, 0) is 61.6 Å². The Morgan fingerprint density at radius 1 is 1.06 bits per heavy atom. The van der Waals surface area contributed by atoms with E-state index in [2.05, 4.69) is 9.88 Å². The van der Waals surface area contributed by atoms with Crippen molar-refractivity contribution in [1.82, 2.24) is 9.88 Å². The van der Waals surface area contributed by atoms with Gasteiger partial charge in [0.1, 0.15) is 5.82 Å². The molecule has 0 unspecified atom stereocenters. The Kier molecular flexibility index (Phi) is 6.75. The number of aromatic hydroxyl groups is 1. The van der Waals surface area contributed by atoms with Crippen LogP contribution in [0.15, 0.2) is 71.7 Å². The zero-order valence-corrected chi connectivity index (χ0v) is 19.3. The number of hydrogen-bond donors (Lipinski definition) is 2. The first-order chi connectivity index (χ1) is 16.3.